The molecule has 0 aromatic carbocycles. The molecule has 0 spiro atoms. The van der Waals surface area contributed by atoms with Crippen molar-refractivity contribution < 1.29 is 19.4 Å². The van der Waals surface area contributed by atoms with Crippen LogP contribution in [0.25, 0.3) is 0 Å². The number of hydrogen-bond donors (Lipinski definition) is 2. The fourth-order valence-electron chi connectivity index (χ4n) is 2.47. The molecule has 0 radical (unpaired) electrons. The lowest BCUT2D eigenvalue weighted by atomic mass is 9.94. The number of amides is 1. The van der Waals surface area contributed by atoms with Gasteiger partial charge in [-0.05, 0) is 31.6 Å². The van der Waals surface area contributed by atoms with Crippen LogP contribution in [0.5, 0.6) is 0 Å². The maximum Gasteiger partial charge on any atom is 0.303 e. The van der Waals surface area contributed by atoms with Crippen molar-refractivity contribution in [1.82, 2.24) is 5.32 Å². The molecule has 1 rings (SSSR count). The number of carboxylic acids is 1. The zero-order chi connectivity index (χ0) is 14.1. The van der Waals surface area contributed by atoms with E-state index in [1.165, 1.54) is 0 Å². The quantitative estimate of drug-likeness (QED) is 0.672. The normalized spacial score (nSPS) is 20.2. The molecule has 0 bridgehead atoms. The van der Waals surface area contributed by atoms with Gasteiger partial charge >= 0.3 is 5.97 Å². The molecule has 110 valence electrons. The summed E-state index contributed by atoms with van der Waals surface area (Å²) in [5.41, 5.74) is 0. The summed E-state index contributed by atoms with van der Waals surface area (Å²) >= 11 is 0. The predicted octanol–water partition coefficient (Wildman–Crippen LogP) is 1.95. The topological polar surface area (TPSA) is 75.6 Å². The molecular weight excluding hydrogens is 246 g/mol. The standard InChI is InChI=1S/C14H25NO4/c1-2-4-11(6-7-13(16)17)8-9-15-14(18)12-5-3-10-19-12/h11-12H,2-10H2,1H3,(H,15,18)(H,16,17)/t11?,12-/m1/s1. The van der Waals surface area contributed by atoms with Gasteiger partial charge in [0.25, 0.3) is 0 Å². The predicted molar refractivity (Wildman–Crippen MR) is 71.9 cm³/mol. The lowest BCUT2D eigenvalue weighted by Crippen LogP contribution is -2.35. The van der Waals surface area contributed by atoms with Crippen molar-refractivity contribution in [2.24, 2.45) is 5.92 Å². The van der Waals surface area contributed by atoms with Crippen LogP contribution in [-0.4, -0.2) is 36.2 Å². The maximum atomic E-state index is 11.7. The number of rotatable bonds is 9. The molecule has 0 aliphatic carbocycles. The number of carbonyl (C=O) groups excluding carboxylic acids is 1. The molecule has 1 heterocycles. The second-order valence-electron chi connectivity index (χ2n) is 5.17. The molecule has 1 amide bonds. The molecule has 1 fully saturated rings. The molecule has 0 aromatic heterocycles. The third-order valence-corrected chi connectivity index (χ3v) is 3.54. The van der Waals surface area contributed by atoms with Crippen LogP contribution in [0.4, 0.5) is 0 Å². The summed E-state index contributed by atoms with van der Waals surface area (Å²) in [5, 5.41) is 11.6. The SMILES string of the molecule is CCCC(CCNC(=O)[C@H]1CCCO1)CCC(=O)O. The van der Waals surface area contributed by atoms with E-state index in [0.717, 1.165) is 32.1 Å². The number of ether oxygens (including phenoxy) is 1. The minimum Gasteiger partial charge on any atom is -0.481 e. The minimum atomic E-state index is -0.746. The Morgan fingerprint density at radius 2 is 2.16 bits per heavy atom. The third kappa shape index (κ3) is 6.57. The average molecular weight is 271 g/mol. The fraction of sp³-hybridized carbons (Fsp3) is 0.857. The van der Waals surface area contributed by atoms with Gasteiger partial charge in [-0.1, -0.05) is 19.8 Å². The number of hydrogen-bond acceptors (Lipinski definition) is 3. The monoisotopic (exact) mass is 271 g/mol. The van der Waals surface area contributed by atoms with E-state index < -0.39 is 5.97 Å². The number of nitrogens with one attached hydrogen (secondary N) is 1. The molecule has 19 heavy (non-hydrogen) atoms. The van der Waals surface area contributed by atoms with Gasteiger partial charge in [-0.3, -0.25) is 9.59 Å². The minimum absolute atomic E-state index is 0.0222. The molecular formula is C14H25NO4. The van der Waals surface area contributed by atoms with Gasteiger partial charge in [0.1, 0.15) is 6.10 Å². The van der Waals surface area contributed by atoms with E-state index in [1.54, 1.807) is 0 Å². The van der Waals surface area contributed by atoms with Crippen molar-refractivity contribution in [3.05, 3.63) is 0 Å². The van der Waals surface area contributed by atoms with Crippen molar-refractivity contribution in [1.29, 1.82) is 0 Å². The van der Waals surface area contributed by atoms with E-state index >= 15 is 0 Å². The summed E-state index contributed by atoms with van der Waals surface area (Å²) in [6.45, 7) is 3.39. The Kier molecular flexibility index (Phi) is 7.48. The highest BCUT2D eigenvalue weighted by Crippen LogP contribution is 2.17. The molecule has 0 aromatic rings. The Morgan fingerprint density at radius 1 is 1.37 bits per heavy atom. The maximum absolute atomic E-state index is 11.7. The van der Waals surface area contributed by atoms with Crippen molar-refractivity contribution in [2.75, 3.05) is 13.2 Å². The first-order valence-corrected chi connectivity index (χ1v) is 7.24. The first-order chi connectivity index (χ1) is 9.13. The Hall–Kier alpha value is -1.10. The van der Waals surface area contributed by atoms with Crippen LogP contribution in [0.1, 0.15) is 51.9 Å². The van der Waals surface area contributed by atoms with E-state index in [2.05, 4.69) is 12.2 Å². The number of carbonyl (C=O) groups is 2. The third-order valence-electron chi connectivity index (χ3n) is 3.54. The molecule has 5 heteroatoms. The Bertz CT molecular complexity index is 287. The van der Waals surface area contributed by atoms with Gasteiger partial charge in [0, 0.05) is 19.6 Å². The largest absolute Gasteiger partial charge is 0.481 e. The Labute approximate surface area is 114 Å². The van der Waals surface area contributed by atoms with Crippen LogP contribution in [0, 0.1) is 5.92 Å². The first-order valence-electron chi connectivity index (χ1n) is 7.24. The number of aliphatic carboxylic acids is 1. The average Bonchev–Trinajstić information content (AvgIpc) is 2.89. The molecule has 5 nitrogen and oxygen atoms in total. The fourth-order valence-corrected chi connectivity index (χ4v) is 2.47. The lowest BCUT2D eigenvalue weighted by Gasteiger charge is -2.16. The zero-order valence-electron chi connectivity index (χ0n) is 11.7. The van der Waals surface area contributed by atoms with Crippen molar-refractivity contribution in [2.45, 2.75) is 58.0 Å². The van der Waals surface area contributed by atoms with Gasteiger partial charge in [-0.2, -0.15) is 0 Å². The van der Waals surface area contributed by atoms with Crippen LogP contribution in [0.3, 0.4) is 0 Å². The summed E-state index contributed by atoms with van der Waals surface area (Å²) < 4.78 is 5.31. The van der Waals surface area contributed by atoms with Gasteiger partial charge in [-0.15, -0.1) is 0 Å². The highest BCUT2D eigenvalue weighted by atomic mass is 16.5. The van der Waals surface area contributed by atoms with Crippen molar-refractivity contribution in [3.63, 3.8) is 0 Å². The van der Waals surface area contributed by atoms with E-state index in [4.69, 9.17) is 9.84 Å². The first kappa shape index (κ1) is 16.0. The molecule has 1 aliphatic heterocycles. The highest BCUT2D eigenvalue weighted by molar-refractivity contribution is 5.80. The lowest BCUT2D eigenvalue weighted by molar-refractivity contribution is -0.137. The summed E-state index contributed by atoms with van der Waals surface area (Å²) in [6.07, 6.45) is 5.30. The van der Waals surface area contributed by atoms with Gasteiger partial charge in [0.05, 0.1) is 0 Å². The smallest absolute Gasteiger partial charge is 0.303 e. The van der Waals surface area contributed by atoms with Crippen molar-refractivity contribution >= 4 is 11.9 Å². The van der Waals surface area contributed by atoms with Crippen LogP contribution in [0.2, 0.25) is 0 Å². The summed E-state index contributed by atoms with van der Waals surface area (Å²) in [6, 6.07) is 0. The highest BCUT2D eigenvalue weighted by Gasteiger charge is 2.23. The second kappa shape index (κ2) is 8.91. The molecule has 1 saturated heterocycles. The van der Waals surface area contributed by atoms with E-state index in [-0.39, 0.29) is 18.4 Å². The van der Waals surface area contributed by atoms with Crippen molar-refractivity contribution in [3.8, 4) is 0 Å². The summed E-state index contributed by atoms with van der Waals surface area (Å²) in [5.74, 6) is -0.388. The van der Waals surface area contributed by atoms with Crippen LogP contribution in [-0.2, 0) is 14.3 Å². The second-order valence-corrected chi connectivity index (χ2v) is 5.17. The van der Waals surface area contributed by atoms with E-state index in [1.807, 2.05) is 0 Å². The molecule has 0 saturated carbocycles. The van der Waals surface area contributed by atoms with Gasteiger partial charge in [0.2, 0.25) is 5.91 Å². The summed E-state index contributed by atoms with van der Waals surface area (Å²) in [4.78, 5) is 22.3. The van der Waals surface area contributed by atoms with E-state index in [9.17, 15) is 9.59 Å². The molecule has 1 unspecified atom stereocenters. The molecule has 2 atom stereocenters. The molecule has 2 N–H and O–H groups in total. The molecule has 1 aliphatic rings. The van der Waals surface area contributed by atoms with Gasteiger partial charge in [-0.25, -0.2) is 0 Å². The Morgan fingerprint density at radius 3 is 2.74 bits per heavy atom. The van der Waals surface area contributed by atoms with Gasteiger partial charge in [0.15, 0.2) is 0 Å². The van der Waals surface area contributed by atoms with Crippen LogP contribution < -0.4 is 5.32 Å². The zero-order valence-corrected chi connectivity index (χ0v) is 11.7. The van der Waals surface area contributed by atoms with E-state index in [0.29, 0.717) is 25.5 Å². The summed E-state index contributed by atoms with van der Waals surface area (Å²) in [7, 11) is 0. The Balaban J connectivity index is 2.19. The van der Waals surface area contributed by atoms with Gasteiger partial charge < -0.3 is 15.2 Å². The number of carboxylic acid groups (broad SMARTS) is 1. The van der Waals surface area contributed by atoms with Crippen LogP contribution in [0.15, 0.2) is 0 Å². The van der Waals surface area contributed by atoms with Crippen LogP contribution >= 0.6 is 0 Å².